The van der Waals surface area contributed by atoms with E-state index >= 15 is 0 Å². The van der Waals surface area contributed by atoms with E-state index in [1.54, 1.807) is 17.0 Å². The van der Waals surface area contributed by atoms with E-state index < -0.39 is 10.0 Å². The van der Waals surface area contributed by atoms with Crippen LogP contribution in [0.4, 0.5) is 0 Å². The minimum atomic E-state index is -3.77. The molecule has 8 nitrogen and oxygen atoms in total. The molecule has 1 N–H and O–H groups in total. The SMILES string of the molecule is COc1ccc(C(=O)N2CCC(NC(=O)c3ccccc3C)CC2)cc1S(=O)(=O)N(C)C. The molecule has 2 aromatic carbocycles. The molecule has 3 rings (SSSR count). The number of piperidine rings is 1. The van der Waals surface area contributed by atoms with Crippen LogP contribution in [0.2, 0.25) is 0 Å². The van der Waals surface area contributed by atoms with Crippen LogP contribution in [0.25, 0.3) is 0 Å². The van der Waals surface area contributed by atoms with Crippen molar-refractivity contribution < 1.29 is 22.7 Å². The second-order valence-corrected chi connectivity index (χ2v) is 10.1. The second kappa shape index (κ2) is 9.70. The molecule has 2 amide bonds. The van der Waals surface area contributed by atoms with Crippen molar-refractivity contribution in [2.24, 2.45) is 0 Å². The number of hydrogen-bond acceptors (Lipinski definition) is 5. The summed E-state index contributed by atoms with van der Waals surface area (Å²) in [6.45, 7) is 2.84. The molecule has 2 aromatic rings. The maximum absolute atomic E-state index is 13.0. The lowest BCUT2D eigenvalue weighted by molar-refractivity contribution is 0.0697. The van der Waals surface area contributed by atoms with Crippen molar-refractivity contribution in [3.8, 4) is 5.75 Å². The van der Waals surface area contributed by atoms with E-state index in [1.165, 1.54) is 33.3 Å². The Kier molecular flexibility index (Phi) is 7.20. The van der Waals surface area contributed by atoms with E-state index in [0.717, 1.165) is 9.87 Å². The highest BCUT2D eigenvalue weighted by atomic mass is 32.2. The van der Waals surface area contributed by atoms with Crippen molar-refractivity contribution in [3.63, 3.8) is 0 Å². The van der Waals surface area contributed by atoms with E-state index in [9.17, 15) is 18.0 Å². The Morgan fingerprint density at radius 3 is 2.34 bits per heavy atom. The van der Waals surface area contributed by atoms with Gasteiger partial charge in [-0.2, -0.15) is 0 Å². The molecule has 1 heterocycles. The minimum absolute atomic E-state index is 0.0216. The topological polar surface area (TPSA) is 96.0 Å². The molecule has 0 bridgehead atoms. The molecule has 1 aliphatic rings. The molecule has 0 aliphatic carbocycles. The third kappa shape index (κ3) is 4.94. The smallest absolute Gasteiger partial charge is 0.253 e. The fourth-order valence-electron chi connectivity index (χ4n) is 3.71. The van der Waals surface area contributed by atoms with Crippen LogP contribution in [-0.2, 0) is 10.0 Å². The number of ether oxygens (including phenoxy) is 1. The first-order chi connectivity index (χ1) is 15.1. The average molecular weight is 460 g/mol. The van der Waals surface area contributed by atoms with Crippen molar-refractivity contribution >= 4 is 21.8 Å². The molecule has 32 heavy (non-hydrogen) atoms. The second-order valence-electron chi connectivity index (χ2n) is 8.01. The fourth-order valence-corrected chi connectivity index (χ4v) is 4.78. The first-order valence-electron chi connectivity index (χ1n) is 10.4. The van der Waals surface area contributed by atoms with Gasteiger partial charge in [0, 0.05) is 44.4 Å². The molecule has 0 atom stereocenters. The van der Waals surface area contributed by atoms with Crippen LogP contribution < -0.4 is 10.1 Å². The van der Waals surface area contributed by atoms with E-state index in [2.05, 4.69) is 5.32 Å². The van der Waals surface area contributed by atoms with Gasteiger partial charge in [0.2, 0.25) is 10.0 Å². The number of methoxy groups -OCH3 is 1. The van der Waals surface area contributed by atoms with Crippen LogP contribution in [0, 0.1) is 6.92 Å². The third-order valence-corrected chi connectivity index (χ3v) is 7.51. The summed E-state index contributed by atoms with van der Waals surface area (Å²) in [5.74, 6) is -0.166. The van der Waals surface area contributed by atoms with Crippen LogP contribution in [-0.4, -0.2) is 69.8 Å². The minimum Gasteiger partial charge on any atom is -0.495 e. The number of amides is 2. The van der Waals surface area contributed by atoms with Gasteiger partial charge < -0.3 is 15.0 Å². The van der Waals surface area contributed by atoms with Crippen LogP contribution in [0.3, 0.4) is 0 Å². The number of aryl methyl sites for hydroxylation is 1. The monoisotopic (exact) mass is 459 g/mol. The number of likely N-dealkylation sites (tertiary alicyclic amines) is 1. The maximum Gasteiger partial charge on any atom is 0.253 e. The first kappa shape index (κ1) is 23.7. The molecule has 0 unspecified atom stereocenters. The Morgan fingerprint density at radius 2 is 1.75 bits per heavy atom. The molecule has 0 saturated carbocycles. The predicted molar refractivity (Wildman–Crippen MR) is 121 cm³/mol. The third-order valence-electron chi connectivity index (χ3n) is 5.68. The number of nitrogens with one attached hydrogen (secondary N) is 1. The van der Waals surface area contributed by atoms with Crippen molar-refractivity contribution in [2.75, 3.05) is 34.3 Å². The zero-order valence-electron chi connectivity index (χ0n) is 18.8. The molecular formula is C23H29N3O5S. The van der Waals surface area contributed by atoms with Gasteiger partial charge in [-0.25, -0.2) is 12.7 Å². The summed E-state index contributed by atoms with van der Waals surface area (Å²) in [6, 6.07) is 11.8. The Bertz CT molecular complexity index is 1110. The number of carbonyl (C=O) groups is 2. The lowest BCUT2D eigenvalue weighted by atomic mass is 10.0. The van der Waals surface area contributed by atoms with Gasteiger partial charge in [0.15, 0.2) is 0 Å². The van der Waals surface area contributed by atoms with Gasteiger partial charge >= 0.3 is 0 Å². The number of sulfonamides is 1. The summed E-state index contributed by atoms with van der Waals surface area (Å²) in [7, 11) is 0.482. The normalized spacial score (nSPS) is 15.0. The Labute approximate surface area is 189 Å². The summed E-state index contributed by atoms with van der Waals surface area (Å²) < 4.78 is 31.5. The van der Waals surface area contributed by atoms with Crippen LogP contribution in [0.15, 0.2) is 47.4 Å². The van der Waals surface area contributed by atoms with Crippen molar-refractivity contribution in [2.45, 2.75) is 30.7 Å². The van der Waals surface area contributed by atoms with Gasteiger partial charge in [0.05, 0.1) is 7.11 Å². The van der Waals surface area contributed by atoms with Crippen molar-refractivity contribution in [1.29, 1.82) is 0 Å². The summed E-state index contributed by atoms with van der Waals surface area (Å²) in [4.78, 5) is 27.2. The quantitative estimate of drug-likeness (QED) is 0.715. The van der Waals surface area contributed by atoms with E-state index in [-0.39, 0.29) is 34.1 Å². The number of nitrogens with zero attached hydrogens (tertiary/aromatic N) is 2. The molecule has 172 valence electrons. The van der Waals surface area contributed by atoms with E-state index in [0.29, 0.717) is 31.5 Å². The Morgan fingerprint density at radius 1 is 1.09 bits per heavy atom. The number of rotatable bonds is 6. The highest BCUT2D eigenvalue weighted by Gasteiger charge is 2.28. The van der Waals surface area contributed by atoms with Gasteiger partial charge in [0.25, 0.3) is 11.8 Å². The van der Waals surface area contributed by atoms with E-state index in [4.69, 9.17) is 4.74 Å². The van der Waals surface area contributed by atoms with Gasteiger partial charge in [-0.3, -0.25) is 9.59 Å². The summed E-state index contributed by atoms with van der Waals surface area (Å²) in [5.41, 5.74) is 1.85. The predicted octanol–water partition coefficient (Wildman–Crippen LogP) is 2.29. The highest BCUT2D eigenvalue weighted by Crippen LogP contribution is 2.28. The van der Waals surface area contributed by atoms with Crippen molar-refractivity contribution in [1.82, 2.24) is 14.5 Å². The summed E-state index contributed by atoms with van der Waals surface area (Å²) in [6.07, 6.45) is 1.25. The standard InChI is InChI=1S/C23H29N3O5S/c1-16-7-5-6-8-19(16)22(27)24-18-11-13-26(14-12-18)23(28)17-9-10-20(31-4)21(15-17)32(29,30)25(2)3/h5-10,15,18H,11-14H2,1-4H3,(H,24,27). The molecule has 0 aromatic heterocycles. The number of hydrogen-bond donors (Lipinski definition) is 1. The molecule has 0 spiro atoms. The van der Waals surface area contributed by atoms with Crippen LogP contribution in [0.5, 0.6) is 5.75 Å². The maximum atomic E-state index is 13.0. The summed E-state index contributed by atoms with van der Waals surface area (Å²) >= 11 is 0. The summed E-state index contributed by atoms with van der Waals surface area (Å²) in [5, 5.41) is 3.05. The largest absolute Gasteiger partial charge is 0.495 e. The zero-order valence-corrected chi connectivity index (χ0v) is 19.6. The van der Waals surface area contributed by atoms with Gasteiger partial charge in [-0.15, -0.1) is 0 Å². The first-order valence-corrected chi connectivity index (χ1v) is 11.9. The zero-order chi connectivity index (χ0) is 23.5. The highest BCUT2D eigenvalue weighted by molar-refractivity contribution is 7.89. The van der Waals surface area contributed by atoms with Crippen LogP contribution in [0.1, 0.15) is 39.1 Å². The molecule has 1 saturated heterocycles. The van der Waals surface area contributed by atoms with Gasteiger partial charge in [0.1, 0.15) is 10.6 Å². The average Bonchev–Trinajstić information content (AvgIpc) is 2.78. The molecule has 9 heteroatoms. The Balaban J connectivity index is 1.68. The van der Waals surface area contributed by atoms with Gasteiger partial charge in [-0.05, 0) is 49.6 Å². The van der Waals surface area contributed by atoms with Crippen LogP contribution >= 0.6 is 0 Å². The number of benzene rings is 2. The molecular weight excluding hydrogens is 430 g/mol. The fraction of sp³-hybridized carbons (Fsp3) is 0.391. The number of carbonyl (C=O) groups excluding carboxylic acids is 2. The van der Waals surface area contributed by atoms with Gasteiger partial charge in [-0.1, -0.05) is 18.2 Å². The lowest BCUT2D eigenvalue weighted by Crippen LogP contribution is -2.46. The van der Waals surface area contributed by atoms with E-state index in [1.807, 2.05) is 25.1 Å². The molecule has 0 radical (unpaired) electrons. The Hall–Kier alpha value is -2.91. The molecule has 1 fully saturated rings. The van der Waals surface area contributed by atoms with Crippen molar-refractivity contribution in [3.05, 3.63) is 59.2 Å². The lowest BCUT2D eigenvalue weighted by Gasteiger charge is -2.32. The molecule has 1 aliphatic heterocycles.